The number of methoxy groups -OCH3 is 1. The number of sulfonamides is 1. The van der Waals surface area contributed by atoms with E-state index in [1.165, 1.54) is 27.0 Å². The third-order valence-corrected chi connectivity index (χ3v) is 11.0. The lowest BCUT2D eigenvalue weighted by molar-refractivity contribution is -0.123. The molecule has 0 unspecified atom stereocenters. The first kappa shape index (κ1) is 25.1. The lowest BCUT2D eigenvalue weighted by Crippen LogP contribution is -2.44. The number of anilines is 1. The summed E-state index contributed by atoms with van der Waals surface area (Å²) in [5.41, 5.74) is 1.52. The molecule has 3 aromatic heterocycles. The molecule has 0 spiro atoms. The van der Waals surface area contributed by atoms with E-state index < -0.39 is 10.0 Å². The van der Waals surface area contributed by atoms with E-state index in [0.717, 1.165) is 10.3 Å². The number of thiazole rings is 1. The van der Waals surface area contributed by atoms with Crippen molar-refractivity contribution in [2.24, 2.45) is 5.92 Å². The van der Waals surface area contributed by atoms with Gasteiger partial charge in [0, 0.05) is 31.4 Å². The molecule has 1 amide bonds. The fourth-order valence-corrected chi connectivity index (χ4v) is 8.11. The molecule has 0 radical (unpaired) electrons. The van der Waals surface area contributed by atoms with Gasteiger partial charge in [-0.3, -0.25) is 14.7 Å². The van der Waals surface area contributed by atoms with Crippen LogP contribution in [-0.2, 0) is 21.4 Å². The molecule has 1 fully saturated rings. The van der Waals surface area contributed by atoms with Crippen molar-refractivity contribution in [1.29, 1.82) is 0 Å². The molecule has 8 nitrogen and oxygen atoms in total. The van der Waals surface area contributed by atoms with Crippen LogP contribution in [-0.4, -0.2) is 48.8 Å². The smallest absolute Gasteiger partial charge is 0.252 e. The predicted molar refractivity (Wildman–Crippen MR) is 142 cm³/mol. The number of halogens is 1. The third kappa shape index (κ3) is 4.85. The number of thiophene rings is 1. The molecular weight excluding hydrogens is 540 g/mol. The number of carbonyl (C=O) groups is 1. The Kier molecular flexibility index (Phi) is 7.27. The maximum absolute atomic E-state index is 13.9. The van der Waals surface area contributed by atoms with Crippen LogP contribution in [0.15, 0.2) is 58.4 Å². The van der Waals surface area contributed by atoms with Gasteiger partial charge in [-0.2, -0.15) is 4.31 Å². The van der Waals surface area contributed by atoms with Crippen LogP contribution in [0.4, 0.5) is 5.13 Å². The van der Waals surface area contributed by atoms with Gasteiger partial charge < -0.3 is 4.74 Å². The molecule has 0 saturated carbocycles. The topological polar surface area (TPSA) is 92.7 Å². The number of pyridine rings is 1. The summed E-state index contributed by atoms with van der Waals surface area (Å²) in [5, 5.41) is 2.81. The highest BCUT2D eigenvalue weighted by molar-refractivity contribution is 7.91. The standard InChI is InChI=1S/C24H23ClN4O4S3/c1-33-19-5-4-18(25)22-21(19)27-24(35-22)29(15-16-6-10-26-11-7-16)23(30)17-8-12-28(13-9-17)36(31,32)20-3-2-14-34-20/h2-7,10-11,14,17H,8-9,12-13,15H2,1H3. The molecule has 4 aromatic rings. The number of amides is 1. The zero-order valence-electron chi connectivity index (χ0n) is 19.3. The van der Waals surface area contributed by atoms with Crippen LogP contribution < -0.4 is 9.64 Å². The first-order valence-electron chi connectivity index (χ1n) is 11.3. The third-order valence-electron chi connectivity index (χ3n) is 6.15. The fraction of sp³-hybridized carbons (Fsp3) is 0.292. The number of hydrogen-bond donors (Lipinski definition) is 0. The highest BCUT2D eigenvalue weighted by atomic mass is 35.5. The summed E-state index contributed by atoms with van der Waals surface area (Å²) in [6.07, 6.45) is 4.24. The molecule has 0 N–H and O–H groups in total. The molecule has 4 heterocycles. The van der Waals surface area contributed by atoms with Crippen molar-refractivity contribution in [2.75, 3.05) is 25.1 Å². The molecule has 0 aliphatic carbocycles. The van der Waals surface area contributed by atoms with Gasteiger partial charge in [-0.05, 0) is 54.1 Å². The van der Waals surface area contributed by atoms with E-state index in [2.05, 4.69) is 4.98 Å². The van der Waals surface area contributed by atoms with Crippen LogP contribution in [0.3, 0.4) is 0 Å². The first-order chi connectivity index (χ1) is 17.4. The Morgan fingerprint density at radius 2 is 1.94 bits per heavy atom. The highest BCUT2D eigenvalue weighted by Crippen LogP contribution is 2.40. The van der Waals surface area contributed by atoms with E-state index in [1.807, 2.05) is 12.1 Å². The number of hydrogen-bond acceptors (Lipinski definition) is 8. The van der Waals surface area contributed by atoms with Crippen molar-refractivity contribution in [1.82, 2.24) is 14.3 Å². The summed E-state index contributed by atoms with van der Waals surface area (Å²) in [7, 11) is -1.97. The Bertz CT molecular complexity index is 1470. The van der Waals surface area contributed by atoms with E-state index in [-0.39, 0.29) is 11.8 Å². The average molecular weight is 563 g/mol. The number of carbonyl (C=O) groups excluding carboxylic acids is 1. The summed E-state index contributed by atoms with van der Waals surface area (Å²) in [6.45, 7) is 0.896. The second-order valence-corrected chi connectivity index (χ2v) is 12.8. The lowest BCUT2D eigenvalue weighted by atomic mass is 9.96. The quantitative estimate of drug-likeness (QED) is 0.313. The molecule has 1 aromatic carbocycles. The van der Waals surface area contributed by atoms with Gasteiger partial charge in [-0.25, -0.2) is 13.4 Å². The number of fused-ring (bicyclic) bond motifs is 1. The molecule has 12 heteroatoms. The summed E-state index contributed by atoms with van der Waals surface area (Å²) in [5.74, 6) is 0.167. The number of aromatic nitrogens is 2. The largest absolute Gasteiger partial charge is 0.494 e. The minimum absolute atomic E-state index is 0.0888. The van der Waals surface area contributed by atoms with E-state index in [9.17, 15) is 13.2 Å². The highest BCUT2D eigenvalue weighted by Gasteiger charge is 2.35. The second kappa shape index (κ2) is 10.4. The molecule has 1 saturated heterocycles. The SMILES string of the molecule is COc1ccc(Cl)c2sc(N(Cc3ccncc3)C(=O)C3CCN(S(=O)(=O)c4cccs4)CC3)nc12. The minimum atomic E-state index is -3.54. The molecule has 188 valence electrons. The zero-order valence-corrected chi connectivity index (χ0v) is 22.5. The Morgan fingerprint density at radius 3 is 2.61 bits per heavy atom. The van der Waals surface area contributed by atoms with Gasteiger partial charge >= 0.3 is 0 Å². The fourth-order valence-electron chi connectivity index (χ4n) is 4.23. The molecular formula is C24H23ClN4O4S3. The number of nitrogens with zero attached hydrogens (tertiary/aromatic N) is 4. The van der Waals surface area contributed by atoms with E-state index in [0.29, 0.717) is 58.1 Å². The molecule has 1 aliphatic heterocycles. The summed E-state index contributed by atoms with van der Waals surface area (Å²) in [4.78, 5) is 24.3. The molecule has 5 rings (SSSR count). The molecule has 0 bridgehead atoms. The van der Waals surface area contributed by atoms with Crippen molar-refractivity contribution >= 4 is 65.6 Å². The maximum atomic E-state index is 13.9. The Balaban J connectivity index is 1.42. The van der Waals surface area contributed by atoms with Crippen molar-refractivity contribution in [3.05, 3.63) is 64.8 Å². The summed E-state index contributed by atoms with van der Waals surface area (Å²) < 4.78 is 33.8. The predicted octanol–water partition coefficient (Wildman–Crippen LogP) is 5.05. The van der Waals surface area contributed by atoms with Gasteiger partial charge in [0.2, 0.25) is 5.91 Å². The van der Waals surface area contributed by atoms with Crippen LogP contribution in [0.2, 0.25) is 5.02 Å². The van der Waals surface area contributed by atoms with Gasteiger partial charge in [0.15, 0.2) is 5.13 Å². The van der Waals surface area contributed by atoms with E-state index in [4.69, 9.17) is 21.3 Å². The van der Waals surface area contributed by atoms with Crippen molar-refractivity contribution in [3.63, 3.8) is 0 Å². The minimum Gasteiger partial charge on any atom is -0.494 e. The average Bonchev–Trinajstić information content (AvgIpc) is 3.60. The first-order valence-corrected chi connectivity index (χ1v) is 14.8. The van der Waals surface area contributed by atoms with Crippen molar-refractivity contribution in [2.45, 2.75) is 23.6 Å². The normalized spacial score (nSPS) is 15.3. The van der Waals surface area contributed by atoms with Gasteiger partial charge in [-0.1, -0.05) is 29.0 Å². The number of ether oxygens (including phenoxy) is 1. The Labute approximate surface area is 222 Å². The number of piperidine rings is 1. The van der Waals surface area contributed by atoms with Gasteiger partial charge in [0.25, 0.3) is 10.0 Å². The van der Waals surface area contributed by atoms with Gasteiger partial charge in [0.05, 0.1) is 23.4 Å². The number of rotatable bonds is 7. The maximum Gasteiger partial charge on any atom is 0.252 e. The molecule has 0 atom stereocenters. The van der Waals surface area contributed by atoms with E-state index in [1.54, 1.807) is 54.0 Å². The van der Waals surface area contributed by atoms with E-state index >= 15 is 0 Å². The summed E-state index contributed by atoms with van der Waals surface area (Å²) >= 11 is 8.98. The van der Waals surface area contributed by atoms with Crippen LogP contribution in [0.1, 0.15) is 18.4 Å². The van der Waals surface area contributed by atoms with Crippen molar-refractivity contribution in [3.8, 4) is 5.75 Å². The van der Waals surface area contributed by atoms with Gasteiger partial charge in [0.1, 0.15) is 15.5 Å². The zero-order chi connectivity index (χ0) is 25.3. The van der Waals surface area contributed by atoms with Crippen LogP contribution in [0.5, 0.6) is 5.75 Å². The van der Waals surface area contributed by atoms with Gasteiger partial charge in [-0.15, -0.1) is 11.3 Å². The molecule has 1 aliphatic rings. The van der Waals surface area contributed by atoms with Crippen LogP contribution >= 0.6 is 34.3 Å². The number of benzene rings is 1. The second-order valence-electron chi connectivity index (χ2n) is 8.31. The monoisotopic (exact) mass is 562 g/mol. The van der Waals surface area contributed by atoms with Crippen LogP contribution in [0.25, 0.3) is 10.2 Å². The Morgan fingerprint density at radius 1 is 1.19 bits per heavy atom. The van der Waals surface area contributed by atoms with Crippen molar-refractivity contribution < 1.29 is 17.9 Å². The van der Waals surface area contributed by atoms with Crippen LogP contribution in [0, 0.1) is 5.92 Å². The molecule has 36 heavy (non-hydrogen) atoms. The Hall–Kier alpha value is -2.57. The lowest BCUT2D eigenvalue weighted by Gasteiger charge is -2.32. The summed E-state index contributed by atoms with van der Waals surface area (Å²) in [6, 6.07) is 10.6.